The van der Waals surface area contributed by atoms with Gasteiger partial charge in [-0.2, -0.15) is 0 Å². The Labute approximate surface area is 90.7 Å². The standard InChI is InChI=1S/C13H15NO/c1-2-3-4-8-11-14-13(15)12-9-6-5-7-10-12/h5-7,9-10H,2-4H2,1H3,(H,14,15). The van der Waals surface area contributed by atoms with E-state index in [4.69, 9.17) is 0 Å². The van der Waals surface area contributed by atoms with Crippen LogP contribution in [0.25, 0.3) is 0 Å². The van der Waals surface area contributed by atoms with Crippen LogP contribution >= 0.6 is 0 Å². The van der Waals surface area contributed by atoms with Crippen LogP contribution in [0.5, 0.6) is 0 Å². The Morgan fingerprint density at radius 2 is 2.07 bits per heavy atom. The second-order valence-corrected chi connectivity index (χ2v) is 3.23. The van der Waals surface area contributed by atoms with E-state index < -0.39 is 0 Å². The van der Waals surface area contributed by atoms with E-state index in [-0.39, 0.29) is 5.91 Å². The number of carbonyl (C=O) groups excluding carboxylic acids is 1. The number of amides is 1. The second kappa shape index (κ2) is 6.67. The van der Waals surface area contributed by atoms with Gasteiger partial charge in [-0.05, 0) is 18.6 Å². The summed E-state index contributed by atoms with van der Waals surface area (Å²) in [5.74, 6) is 2.77. The van der Waals surface area contributed by atoms with Gasteiger partial charge in [-0.15, -0.1) is 0 Å². The summed E-state index contributed by atoms with van der Waals surface area (Å²) in [6.07, 6.45) is 3.04. The second-order valence-electron chi connectivity index (χ2n) is 3.23. The number of rotatable bonds is 3. The zero-order chi connectivity index (χ0) is 10.9. The first-order chi connectivity index (χ1) is 7.34. The highest BCUT2D eigenvalue weighted by Crippen LogP contribution is 1.97. The molecule has 0 fully saturated rings. The molecule has 0 saturated heterocycles. The molecule has 0 heterocycles. The third-order valence-corrected chi connectivity index (χ3v) is 1.96. The molecule has 0 aliphatic rings. The summed E-state index contributed by atoms with van der Waals surface area (Å²) in [7, 11) is 0. The average Bonchev–Trinajstić information content (AvgIpc) is 2.30. The predicted octanol–water partition coefficient (Wildman–Crippen LogP) is 2.57. The summed E-state index contributed by atoms with van der Waals surface area (Å²) in [5.41, 5.74) is 0.641. The minimum atomic E-state index is -0.139. The number of unbranched alkanes of at least 4 members (excludes halogenated alkanes) is 2. The molecule has 0 aliphatic heterocycles. The van der Waals surface area contributed by atoms with Crippen LogP contribution in [0, 0.1) is 12.0 Å². The summed E-state index contributed by atoms with van der Waals surface area (Å²) in [6.45, 7) is 2.12. The first kappa shape index (κ1) is 11.3. The molecular formula is C13H15NO. The third kappa shape index (κ3) is 4.33. The van der Waals surface area contributed by atoms with Crippen molar-refractivity contribution in [2.24, 2.45) is 0 Å². The lowest BCUT2D eigenvalue weighted by molar-refractivity contribution is 0.0973. The van der Waals surface area contributed by atoms with Crippen LogP contribution in [-0.4, -0.2) is 5.91 Å². The first-order valence-electron chi connectivity index (χ1n) is 5.18. The molecule has 78 valence electrons. The summed E-state index contributed by atoms with van der Waals surface area (Å²) in [5, 5.41) is 2.56. The summed E-state index contributed by atoms with van der Waals surface area (Å²) in [6, 6.07) is 11.7. The lowest BCUT2D eigenvalue weighted by atomic mass is 10.2. The van der Waals surface area contributed by atoms with Crippen molar-refractivity contribution in [1.82, 2.24) is 5.32 Å². The van der Waals surface area contributed by atoms with Gasteiger partial charge >= 0.3 is 0 Å². The Kier molecular flexibility index (Phi) is 5.03. The van der Waals surface area contributed by atoms with Gasteiger partial charge in [0.2, 0.25) is 0 Å². The summed E-state index contributed by atoms with van der Waals surface area (Å²) in [4.78, 5) is 11.5. The number of hydrogen-bond acceptors (Lipinski definition) is 1. The largest absolute Gasteiger partial charge is 0.281 e. The lowest BCUT2D eigenvalue weighted by Gasteiger charge is -1.96. The van der Waals surface area contributed by atoms with E-state index in [1.54, 1.807) is 12.1 Å². The van der Waals surface area contributed by atoms with Crippen molar-refractivity contribution in [3.63, 3.8) is 0 Å². The van der Waals surface area contributed by atoms with Crippen LogP contribution in [0.2, 0.25) is 0 Å². The highest BCUT2D eigenvalue weighted by Gasteiger charge is 2.00. The normalized spacial score (nSPS) is 8.87. The van der Waals surface area contributed by atoms with Crippen LogP contribution < -0.4 is 5.32 Å². The van der Waals surface area contributed by atoms with E-state index >= 15 is 0 Å². The van der Waals surface area contributed by atoms with Gasteiger partial charge in [0, 0.05) is 18.0 Å². The molecule has 2 heteroatoms. The molecule has 15 heavy (non-hydrogen) atoms. The molecule has 0 aromatic heterocycles. The fraction of sp³-hybridized carbons (Fsp3) is 0.308. The van der Waals surface area contributed by atoms with Crippen molar-refractivity contribution in [1.29, 1.82) is 0 Å². The average molecular weight is 201 g/mol. The molecule has 0 spiro atoms. The SMILES string of the molecule is CCCCC#CNC(=O)c1ccccc1. The lowest BCUT2D eigenvalue weighted by Crippen LogP contribution is -2.17. The van der Waals surface area contributed by atoms with Crippen molar-refractivity contribution in [3.8, 4) is 12.0 Å². The fourth-order valence-electron chi connectivity index (χ4n) is 1.09. The molecule has 0 radical (unpaired) electrons. The van der Waals surface area contributed by atoms with Crippen LogP contribution in [0.3, 0.4) is 0 Å². The topological polar surface area (TPSA) is 29.1 Å². The maximum Gasteiger partial charge on any atom is 0.262 e. The van der Waals surface area contributed by atoms with Crippen molar-refractivity contribution in [2.75, 3.05) is 0 Å². The van der Waals surface area contributed by atoms with Crippen molar-refractivity contribution in [2.45, 2.75) is 26.2 Å². The molecule has 0 atom stereocenters. The third-order valence-electron chi connectivity index (χ3n) is 1.96. The molecule has 0 aliphatic carbocycles. The molecule has 0 saturated carbocycles. The number of carbonyl (C=O) groups is 1. The molecular weight excluding hydrogens is 186 g/mol. The Morgan fingerprint density at radius 3 is 2.73 bits per heavy atom. The van der Waals surface area contributed by atoms with E-state index in [0.29, 0.717) is 5.56 Å². The number of hydrogen-bond donors (Lipinski definition) is 1. The van der Waals surface area contributed by atoms with Crippen molar-refractivity contribution in [3.05, 3.63) is 35.9 Å². The summed E-state index contributed by atoms with van der Waals surface area (Å²) < 4.78 is 0. The van der Waals surface area contributed by atoms with Crippen LogP contribution in [0.1, 0.15) is 36.5 Å². The smallest absolute Gasteiger partial charge is 0.262 e. The molecule has 1 rings (SSSR count). The van der Waals surface area contributed by atoms with E-state index in [9.17, 15) is 4.79 Å². The van der Waals surface area contributed by atoms with Gasteiger partial charge < -0.3 is 0 Å². The van der Waals surface area contributed by atoms with E-state index in [0.717, 1.165) is 19.3 Å². The van der Waals surface area contributed by atoms with E-state index in [1.165, 1.54) is 0 Å². The van der Waals surface area contributed by atoms with Crippen molar-refractivity contribution >= 4 is 5.91 Å². The Balaban J connectivity index is 2.39. The van der Waals surface area contributed by atoms with Gasteiger partial charge in [-0.1, -0.05) is 37.5 Å². The van der Waals surface area contributed by atoms with Gasteiger partial charge in [0.25, 0.3) is 5.91 Å². The molecule has 1 amide bonds. The summed E-state index contributed by atoms with van der Waals surface area (Å²) >= 11 is 0. The van der Waals surface area contributed by atoms with Crippen LogP contribution in [0.15, 0.2) is 30.3 Å². The van der Waals surface area contributed by atoms with Crippen molar-refractivity contribution < 1.29 is 4.79 Å². The minimum Gasteiger partial charge on any atom is -0.281 e. The fourth-order valence-corrected chi connectivity index (χ4v) is 1.09. The predicted molar refractivity (Wildman–Crippen MR) is 61.2 cm³/mol. The molecule has 2 nitrogen and oxygen atoms in total. The van der Waals surface area contributed by atoms with Crippen LogP contribution in [-0.2, 0) is 0 Å². The quantitative estimate of drug-likeness (QED) is 0.454. The monoisotopic (exact) mass is 201 g/mol. The Bertz CT molecular complexity index is 359. The van der Waals surface area contributed by atoms with E-state index in [2.05, 4.69) is 24.2 Å². The van der Waals surface area contributed by atoms with Crippen LogP contribution in [0.4, 0.5) is 0 Å². The van der Waals surface area contributed by atoms with Gasteiger partial charge in [-0.25, -0.2) is 0 Å². The minimum absolute atomic E-state index is 0.139. The molecule has 1 N–H and O–H groups in total. The zero-order valence-corrected chi connectivity index (χ0v) is 8.92. The van der Waals surface area contributed by atoms with E-state index in [1.807, 2.05) is 18.2 Å². The number of benzene rings is 1. The molecule has 0 bridgehead atoms. The first-order valence-corrected chi connectivity index (χ1v) is 5.18. The maximum absolute atomic E-state index is 11.5. The van der Waals surface area contributed by atoms with Gasteiger partial charge in [0.1, 0.15) is 0 Å². The van der Waals surface area contributed by atoms with Gasteiger partial charge in [0.15, 0.2) is 0 Å². The highest BCUT2D eigenvalue weighted by atomic mass is 16.1. The zero-order valence-electron chi connectivity index (χ0n) is 8.92. The van der Waals surface area contributed by atoms with Gasteiger partial charge in [-0.3, -0.25) is 10.1 Å². The maximum atomic E-state index is 11.5. The number of nitrogens with one attached hydrogen (secondary N) is 1. The Hall–Kier alpha value is -1.75. The molecule has 1 aromatic rings. The molecule has 0 unspecified atom stereocenters. The highest BCUT2D eigenvalue weighted by molar-refractivity contribution is 5.95. The Morgan fingerprint density at radius 1 is 1.33 bits per heavy atom. The van der Waals surface area contributed by atoms with Gasteiger partial charge in [0.05, 0.1) is 0 Å². The molecule has 1 aromatic carbocycles.